The first-order valence-corrected chi connectivity index (χ1v) is 9.32. The van der Waals surface area contributed by atoms with E-state index in [9.17, 15) is 9.59 Å². The largest absolute Gasteiger partial charge is 0.342 e. The lowest BCUT2D eigenvalue weighted by molar-refractivity contribution is 0.0895. The van der Waals surface area contributed by atoms with Gasteiger partial charge in [0.15, 0.2) is 5.78 Å². The van der Waals surface area contributed by atoms with E-state index >= 15 is 0 Å². The summed E-state index contributed by atoms with van der Waals surface area (Å²) in [5.74, 6) is 0.669. The topological polar surface area (TPSA) is 81.0 Å². The number of rotatable bonds is 4. The van der Waals surface area contributed by atoms with Crippen LogP contribution < -0.4 is 10.5 Å². The SMILES string of the molecule is Cn1c(N2CCC(C(=O)c3ccccn3)CC2)nc(-c2ccncc2)cc1=O. The van der Waals surface area contributed by atoms with Crippen molar-refractivity contribution in [1.29, 1.82) is 0 Å². The normalized spacial score (nSPS) is 14.8. The Morgan fingerprint density at radius 1 is 1.07 bits per heavy atom. The number of aromatic nitrogens is 4. The molecule has 0 amide bonds. The van der Waals surface area contributed by atoms with E-state index in [4.69, 9.17) is 4.98 Å². The van der Waals surface area contributed by atoms with Gasteiger partial charge in [-0.3, -0.25) is 24.1 Å². The predicted octanol–water partition coefficient (Wildman–Crippen LogP) is 2.34. The smallest absolute Gasteiger partial charge is 0.255 e. The molecular formula is C21H21N5O2. The van der Waals surface area contributed by atoms with Crippen LogP contribution in [0, 0.1) is 5.92 Å². The molecule has 28 heavy (non-hydrogen) atoms. The van der Waals surface area contributed by atoms with Crippen LogP contribution in [0.1, 0.15) is 23.3 Å². The average Bonchev–Trinajstić information content (AvgIpc) is 2.76. The van der Waals surface area contributed by atoms with Crippen molar-refractivity contribution < 1.29 is 4.79 Å². The molecule has 3 aromatic rings. The van der Waals surface area contributed by atoms with Crippen LogP contribution in [0.5, 0.6) is 0 Å². The zero-order chi connectivity index (χ0) is 19.5. The van der Waals surface area contributed by atoms with Gasteiger partial charge in [-0.25, -0.2) is 4.98 Å². The van der Waals surface area contributed by atoms with Crippen LogP contribution in [0.2, 0.25) is 0 Å². The molecule has 0 atom stereocenters. The van der Waals surface area contributed by atoms with Crippen molar-refractivity contribution in [3.63, 3.8) is 0 Å². The van der Waals surface area contributed by atoms with E-state index in [-0.39, 0.29) is 17.3 Å². The number of piperidine rings is 1. The number of carbonyl (C=O) groups is 1. The Bertz CT molecular complexity index is 1030. The van der Waals surface area contributed by atoms with Gasteiger partial charge >= 0.3 is 0 Å². The molecule has 0 unspecified atom stereocenters. The third-order valence-corrected chi connectivity index (χ3v) is 5.15. The molecule has 0 radical (unpaired) electrons. The van der Waals surface area contributed by atoms with Crippen molar-refractivity contribution in [3.05, 3.63) is 71.0 Å². The van der Waals surface area contributed by atoms with Crippen LogP contribution in [0.15, 0.2) is 59.8 Å². The number of Topliss-reactive ketones (excluding diaryl/α,β-unsaturated/α-hetero) is 1. The highest BCUT2D eigenvalue weighted by Crippen LogP contribution is 2.25. The van der Waals surface area contributed by atoms with E-state index in [1.807, 2.05) is 18.2 Å². The molecule has 1 saturated heterocycles. The number of pyridine rings is 2. The summed E-state index contributed by atoms with van der Waals surface area (Å²) in [7, 11) is 1.73. The molecule has 4 rings (SSSR count). The monoisotopic (exact) mass is 375 g/mol. The van der Waals surface area contributed by atoms with Crippen LogP contribution in [0.3, 0.4) is 0 Å². The van der Waals surface area contributed by atoms with Gasteiger partial charge in [0, 0.05) is 56.3 Å². The van der Waals surface area contributed by atoms with Crippen molar-refractivity contribution in [3.8, 4) is 11.3 Å². The van der Waals surface area contributed by atoms with Crippen LogP contribution in [0.25, 0.3) is 11.3 Å². The lowest BCUT2D eigenvalue weighted by Crippen LogP contribution is -2.40. The second-order valence-electron chi connectivity index (χ2n) is 6.92. The zero-order valence-electron chi connectivity index (χ0n) is 15.7. The minimum absolute atomic E-state index is 0.0495. The third kappa shape index (κ3) is 3.55. The lowest BCUT2D eigenvalue weighted by Gasteiger charge is -2.32. The summed E-state index contributed by atoms with van der Waals surface area (Å²) in [6.07, 6.45) is 6.44. The van der Waals surface area contributed by atoms with Crippen molar-refractivity contribution in [2.75, 3.05) is 18.0 Å². The van der Waals surface area contributed by atoms with E-state index in [0.29, 0.717) is 43.3 Å². The maximum absolute atomic E-state index is 12.6. The summed E-state index contributed by atoms with van der Waals surface area (Å²) in [5, 5.41) is 0. The number of nitrogens with zero attached hydrogens (tertiary/aromatic N) is 5. The molecule has 7 heteroatoms. The molecule has 1 fully saturated rings. The number of carbonyl (C=O) groups excluding carboxylic acids is 1. The van der Waals surface area contributed by atoms with Gasteiger partial charge in [0.25, 0.3) is 5.56 Å². The Balaban J connectivity index is 1.54. The van der Waals surface area contributed by atoms with Gasteiger partial charge in [-0.05, 0) is 37.1 Å². The highest BCUT2D eigenvalue weighted by Gasteiger charge is 2.28. The van der Waals surface area contributed by atoms with Gasteiger partial charge < -0.3 is 4.90 Å². The minimum Gasteiger partial charge on any atom is -0.342 e. The summed E-state index contributed by atoms with van der Waals surface area (Å²) >= 11 is 0. The van der Waals surface area contributed by atoms with Gasteiger partial charge in [0.2, 0.25) is 5.95 Å². The lowest BCUT2D eigenvalue weighted by atomic mass is 9.91. The number of anilines is 1. The first-order chi connectivity index (χ1) is 13.6. The first-order valence-electron chi connectivity index (χ1n) is 9.32. The maximum Gasteiger partial charge on any atom is 0.255 e. The summed E-state index contributed by atoms with van der Waals surface area (Å²) in [6.45, 7) is 1.34. The van der Waals surface area contributed by atoms with Crippen LogP contribution in [-0.4, -0.2) is 38.4 Å². The fraction of sp³-hybridized carbons (Fsp3) is 0.286. The fourth-order valence-electron chi connectivity index (χ4n) is 3.54. The molecule has 7 nitrogen and oxygen atoms in total. The van der Waals surface area contributed by atoms with Crippen LogP contribution >= 0.6 is 0 Å². The number of hydrogen-bond acceptors (Lipinski definition) is 6. The molecule has 1 aliphatic rings. The Morgan fingerprint density at radius 2 is 1.82 bits per heavy atom. The van der Waals surface area contributed by atoms with Crippen molar-refractivity contribution >= 4 is 11.7 Å². The van der Waals surface area contributed by atoms with E-state index in [1.54, 1.807) is 42.3 Å². The Labute approximate surface area is 162 Å². The van der Waals surface area contributed by atoms with Crippen molar-refractivity contribution in [1.82, 2.24) is 19.5 Å². The Kier molecular flexibility index (Phi) is 4.97. The van der Waals surface area contributed by atoms with Crippen LogP contribution in [-0.2, 0) is 7.05 Å². The van der Waals surface area contributed by atoms with E-state index in [1.165, 1.54) is 6.07 Å². The molecule has 0 N–H and O–H groups in total. The van der Waals surface area contributed by atoms with Crippen molar-refractivity contribution in [2.24, 2.45) is 13.0 Å². The fourth-order valence-corrected chi connectivity index (χ4v) is 3.54. The maximum atomic E-state index is 12.6. The van der Waals surface area contributed by atoms with Gasteiger partial charge in [0.05, 0.1) is 5.69 Å². The molecular weight excluding hydrogens is 354 g/mol. The average molecular weight is 375 g/mol. The second kappa shape index (κ2) is 7.72. The standard InChI is InChI=1S/C21H21N5O2/c1-25-19(27)14-18(15-5-10-22-11-6-15)24-21(25)26-12-7-16(8-13-26)20(28)17-4-2-3-9-23-17/h2-6,9-11,14,16H,7-8,12-13H2,1H3. The summed E-state index contributed by atoms with van der Waals surface area (Å²) in [6, 6.07) is 10.6. The summed E-state index contributed by atoms with van der Waals surface area (Å²) in [4.78, 5) is 40.1. The molecule has 0 saturated carbocycles. The minimum atomic E-state index is -0.108. The Hall–Kier alpha value is -3.35. The van der Waals surface area contributed by atoms with Gasteiger partial charge in [-0.1, -0.05) is 6.07 Å². The summed E-state index contributed by atoms with van der Waals surface area (Å²) < 4.78 is 1.56. The van der Waals surface area contributed by atoms with Crippen LogP contribution in [0.4, 0.5) is 5.95 Å². The zero-order valence-corrected chi connectivity index (χ0v) is 15.7. The quantitative estimate of drug-likeness (QED) is 0.651. The van der Waals surface area contributed by atoms with E-state index < -0.39 is 0 Å². The third-order valence-electron chi connectivity index (χ3n) is 5.15. The predicted molar refractivity (Wildman–Crippen MR) is 106 cm³/mol. The molecule has 0 spiro atoms. The first kappa shape index (κ1) is 18.0. The Morgan fingerprint density at radius 3 is 2.50 bits per heavy atom. The molecule has 0 aliphatic carbocycles. The van der Waals surface area contributed by atoms with Crippen molar-refractivity contribution in [2.45, 2.75) is 12.8 Å². The number of hydrogen-bond donors (Lipinski definition) is 0. The highest BCUT2D eigenvalue weighted by atomic mass is 16.1. The molecule has 3 aromatic heterocycles. The molecule has 1 aliphatic heterocycles. The van der Waals surface area contributed by atoms with Gasteiger partial charge in [-0.2, -0.15) is 0 Å². The second-order valence-corrected chi connectivity index (χ2v) is 6.92. The van der Waals surface area contributed by atoms with E-state index in [2.05, 4.69) is 14.9 Å². The number of ketones is 1. The molecule has 4 heterocycles. The molecule has 142 valence electrons. The molecule has 0 aromatic carbocycles. The van der Waals surface area contributed by atoms with E-state index in [0.717, 1.165) is 5.56 Å². The summed E-state index contributed by atoms with van der Waals surface area (Å²) in [5.41, 5.74) is 1.90. The highest BCUT2D eigenvalue weighted by molar-refractivity contribution is 5.96. The molecule has 0 bridgehead atoms. The van der Waals surface area contributed by atoms with Gasteiger partial charge in [-0.15, -0.1) is 0 Å². The van der Waals surface area contributed by atoms with Gasteiger partial charge in [0.1, 0.15) is 5.69 Å².